The molecule has 3 aromatic heterocycles. The molecule has 3 heterocycles. The number of hydrogen-bond donors (Lipinski definition) is 1. The lowest BCUT2D eigenvalue weighted by Gasteiger charge is -2.02. The van der Waals surface area contributed by atoms with Crippen molar-refractivity contribution in [3.05, 3.63) is 77.2 Å². The normalized spacial score (nSPS) is 10.8. The fourth-order valence-corrected chi connectivity index (χ4v) is 2.84. The van der Waals surface area contributed by atoms with Gasteiger partial charge in [0.2, 0.25) is 5.82 Å². The van der Waals surface area contributed by atoms with Crippen LogP contribution >= 0.6 is 11.6 Å². The van der Waals surface area contributed by atoms with Crippen LogP contribution in [0.5, 0.6) is 0 Å². The molecule has 0 aliphatic heterocycles. The minimum atomic E-state index is -0.472. The molecule has 8 nitrogen and oxygen atoms in total. The third-order valence-electron chi connectivity index (χ3n) is 4.02. The second-order valence-electron chi connectivity index (χ2n) is 5.95. The number of amides is 1. The number of benzene rings is 1. The van der Waals surface area contributed by atoms with E-state index in [1.54, 1.807) is 29.2 Å². The third kappa shape index (κ3) is 3.63. The maximum absolute atomic E-state index is 12.2. The first-order valence-corrected chi connectivity index (χ1v) is 8.83. The van der Waals surface area contributed by atoms with Gasteiger partial charge in [0.25, 0.3) is 0 Å². The van der Waals surface area contributed by atoms with Gasteiger partial charge in [-0.15, -0.1) is 0 Å². The Kier molecular flexibility index (Phi) is 4.86. The summed E-state index contributed by atoms with van der Waals surface area (Å²) in [5.41, 5.74) is 2.79. The van der Waals surface area contributed by atoms with Gasteiger partial charge >= 0.3 is 11.8 Å². The third-order valence-corrected chi connectivity index (χ3v) is 4.34. The van der Waals surface area contributed by atoms with Crippen LogP contribution in [0, 0.1) is 6.92 Å². The molecule has 0 unspecified atom stereocenters. The Hall–Kier alpha value is -3.52. The Labute approximate surface area is 165 Å². The number of aryl methyl sites for hydroxylation is 1. The van der Waals surface area contributed by atoms with Crippen LogP contribution in [0.1, 0.15) is 22.1 Å². The van der Waals surface area contributed by atoms with Crippen LogP contribution in [0.3, 0.4) is 0 Å². The minimum absolute atomic E-state index is 0.129. The average molecular weight is 395 g/mol. The number of rotatable bonds is 5. The van der Waals surface area contributed by atoms with E-state index in [-0.39, 0.29) is 18.3 Å². The maximum Gasteiger partial charge on any atom is 0.316 e. The van der Waals surface area contributed by atoms with Crippen molar-refractivity contribution in [1.29, 1.82) is 0 Å². The Morgan fingerprint density at radius 1 is 1.21 bits per heavy atom. The number of carbonyl (C=O) groups is 1. The van der Waals surface area contributed by atoms with Gasteiger partial charge in [-0.05, 0) is 31.2 Å². The summed E-state index contributed by atoms with van der Waals surface area (Å²) in [6.07, 6.45) is 3.41. The molecule has 1 aromatic carbocycles. The molecule has 0 saturated heterocycles. The van der Waals surface area contributed by atoms with Crippen LogP contribution in [-0.2, 0) is 6.54 Å². The van der Waals surface area contributed by atoms with Gasteiger partial charge < -0.3 is 9.84 Å². The Morgan fingerprint density at radius 3 is 2.82 bits per heavy atom. The molecular formula is C19H15ClN6O2. The number of hydrogen-bond acceptors (Lipinski definition) is 6. The highest BCUT2D eigenvalue weighted by Crippen LogP contribution is 2.24. The number of para-hydroxylation sites is 1. The van der Waals surface area contributed by atoms with E-state index in [1.165, 1.54) is 0 Å². The van der Waals surface area contributed by atoms with E-state index in [4.69, 9.17) is 16.1 Å². The van der Waals surface area contributed by atoms with Crippen molar-refractivity contribution in [2.45, 2.75) is 13.5 Å². The van der Waals surface area contributed by atoms with Crippen molar-refractivity contribution in [1.82, 2.24) is 30.2 Å². The smallest absolute Gasteiger partial charge is 0.316 e. The van der Waals surface area contributed by atoms with Crippen LogP contribution in [0.15, 0.2) is 59.4 Å². The largest absolute Gasteiger partial charge is 0.342 e. The zero-order chi connectivity index (χ0) is 19.5. The minimum Gasteiger partial charge on any atom is -0.342 e. The number of halogens is 1. The van der Waals surface area contributed by atoms with Crippen LogP contribution in [0.2, 0.25) is 5.02 Å². The lowest BCUT2D eigenvalue weighted by molar-refractivity contribution is 0.0906. The molecule has 4 rings (SSSR count). The van der Waals surface area contributed by atoms with Crippen molar-refractivity contribution in [3.63, 3.8) is 0 Å². The standard InChI is InChI=1S/C19H15ClN6O2/c1-12-14(11-26(24-12)16-8-3-2-7-15(16)20)17-23-19(28-25-17)18(27)22-10-13-6-4-5-9-21-13/h2-9,11H,10H2,1H3,(H,22,27). The van der Waals surface area contributed by atoms with Crippen molar-refractivity contribution in [3.8, 4) is 17.1 Å². The second kappa shape index (κ2) is 7.61. The Morgan fingerprint density at radius 2 is 2.04 bits per heavy atom. The van der Waals surface area contributed by atoms with Crippen LogP contribution in [0.25, 0.3) is 17.1 Å². The van der Waals surface area contributed by atoms with Crippen LogP contribution in [0.4, 0.5) is 0 Å². The van der Waals surface area contributed by atoms with Crippen molar-refractivity contribution < 1.29 is 9.32 Å². The van der Waals surface area contributed by atoms with E-state index in [9.17, 15) is 4.79 Å². The summed E-state index contributed by atoms with van der Waals surface area (Å²) in [5.74, 6) is -0.324. The van der Waals surface area contributed by atoms with E-state index < -0.39 is 5.91 Å². The highest BCUT2D eigenvalue weighted by Gasteiger charge is 2.19. The fraction of sp³-hybridized carbons (Fsp3) is 0.105. The summed E-state index contributed by atoms with van der Waals surface area (Å²) in [5, 5.41) is 11.6. The first kappa shape index (κ1) is 17.9. The monoisotopic (exact) mass is 394 g/mol. The quantitative estimate of drug-likeness (QED) is 0.558. The van der Waals surface area contributed by atoms with Crippen molar-refractivity contribution in [2.75, 3.05) is 0 Å². The summed E-state index contributed by atoms with van der Waals surface area (Å²) < 4.78 is 6.75. The SMILES string of the molecule is Cc1nn(-c2ccccc2Cl)cc1-c1noc(C(=O)NCc2ccccn2)n1. The lowest BCUT2D eigenvalue weighted by Crippen LogP contribution is -2.23. The fourth-order valence-electron chi connectivity index (χ4n) is 2.61. The van der Waals surface area contributed by atoms with Gasteiger partial charge in [0, 0.05) is 12.4 Å². The first-order valence-electron chi connectivity index (χ1n) is 8.45. The molecule has 0 aliphatic carbocycles. The van der Waals surface area contributed by atoms with Gasteiger partial charge in [0.05, 0.1) is 34.2 Å². The zero-order valence-electron chi connectivity index (χ0n) is 14.8. The Bertz CT molecular complexity index is 1120. The molecule has 1 amide bonds. The van der Waals surface area contributed by atoms with Gasteiger partial charge in [-0.25, -0.2) is 4.68 Å². The highest BCUT2D eigenvalue weighted by atomic mass is 35.5. The first-order chi connectivity index (χ1) is 13.6. The highest BCUT2D eigenvalue weighted by molar-refractivity contribution is 6.32. The molecule has 1 N–H and O–H groups in total. The lowest BCUT2D eigenvalue weighted by atomic mass is 10.2. The molecule has 9 heteroatoms. The van der Waals surface area contributed by atoms with Crippen molar-refractivity contribution in [2.24, 2.45) is 0 Å². The van der Waals surface area contributed by atoms with E-state index >= 15 is 0 Å². The molecule has 0 aliphatic rings. The van der Waals surface area contributed by atoms with E-state index in [0.29, 0.717) is 16.3 Å². The number of aromatic nitrogens is 5. The van der Waals surface area contributed by atoms with Crippen molar-refractivity contribution >= 4 is 17.5 Å². The average Bonchev–Trinajstić information content (AvgIpc) is 3.34. The summed E-state index contributed by atoms with van der Waals surface area (Å²) in [6, 6.07) is 12.8. The number of pyridine rings is 1. The zero-order valence-corrected chi connectivity index (χ0v) is 15.6. The molecular weight excluding hydrogens is 380 g/mol. The van der Waals surface area contributed by atoms with Crippen LogP contribution < -0.4 is 5.32 Å². The molecule has 0 spiro atoms. The van der Waals surface area contributed by atoms with Gasteiger partial charge in [-0.3, -0.25) is 9.78 Å². The number of nitrogens with zero attached hydrogens (tertiary/aromatic N) is 5. The van der Waals surface area contributed by atoms with Gasteiger partial charge in [-0.2, -0.15) is 10.1 Å². The molecule has 0 radical (unpaired) electrons. The van der Waals surface area contributed by atoms with Gasteiger partial charge in [-0.1, -0.05) is 35.0 Å². The second-order valence-corrected chi connectivity index (χ2v) is 6.36. The molecule has 0 saturated carbocycles. The van der Waals surface area contributed by atoms with E-state index in [0.717, 1.165) is 11.4 Å². The predicted octanol–water partition coefficient (Wildman–Crippen LogP) is 3.21. The topological polar surface area (TPSA) is 98.7 Å². The summed E-state index contributed by atoms with van der Waals surface area (Å²) in [6.45, 7) is 2.08. The van der Waals surface area contributed by atoms with Gasteiger partial charge in [0.15, 0.2) is 0 Å². The summed E-state index contributed by atoms with van der Waals surface area (Å²) >= 11 is 6.23. The Balaban J connectivity index is 1.53. The molecule has 0 fully saturated rings. The summed E-state index contributed by atoms with van der Waals surface area (Å²) in [4.78, 5) is 20.6. The molecule has 4 aromatic rings. The molecule has 0 atom stereocenters. The van der Waals surface area contributed by atoms with Crippen LogP contribution in [-0.4, -0.2) is 30.8 Å². The van der Waals surface area contributed by atoms with E-state index in [2.05, 4.69) is 25.5 Å². The molecule has 140 valence electrons. The number of carbonyl (C=O) groups excluding carboxylic acids is 1. The van der Waals surface area contributed by atoms with Gasteiger partial charge in [0.1, 0.15) is 0 Å². The summed E-state index contributed by atoms with van der Waals surface area (Å²) in [7, 11) is 0. The number of nitrogens with one attached hydrogen (secondary N) is 1. The van der Waals surface area contributed by atoms with E-state index in [1.807, 2.05) is 37.3 Å². The molecule has 28 heavy (non-hydrogen) atoms. The molecule has 0 bridgehead atoms. The predicted molar refractivity (Wildman–Crippen MR) is 102 cm³/mol. The maximum atomic E-state index is 12.2.